The summed E-state index contributed by atoms with van der Waals surface area (Å²) in [6, 6.07) is 0. The lowest BCUT2D eigenvalue weighted by Crippen LogP contribution is -2.33. The number of nitrogens with zero attached hydrogens (tertiary/aromatic N) is 3. The second-order valence-corrected chi connectivity index (χ2v) is 9.42. The molecule has 1 N–H and O–H groups in total. The van der Waals surface area contributed by atoms with Crippen LogP contribution in [0.5, 0.6) is 0 Å². The Balaban J connectivity index is 2.10. The molecule has 0 radical (unpaired) electrons. The topological polar surface area (TPSA) is 103 Å². The maximum absolute atomic E-state index is 12.1. The highest BCUT2D eigenvalue weighted by Gasteiger charge is 2.33. The first-order chi connectivity index (χ1) is 11.9. The SMILES string of the molecule is C=CCn1c(S[C@@H](C)C(=O)NCCOC)nnc1[C@H]1CCS(=O)(=O)C1. The molecule has 1 aliphatic rings. The monoisotopic (exact) mass is 388 g/mol. The van der Waals surface area contributed by atoms with Gasteiger partial charge in [-0.1, -0.05) is 17.8 Å². The van der Waals surface area contributed by atoms with Crippen LogP contribution in [0.1, 0.15) is 25.1 Å². The van der Waals surface area contributed by atoms with Gasteiger partial charge in [0, 0.05) is 26.1 Å². The molecule has 1 aliphatic heterocycles. The van der Waals surface area contributed by atoms with Gasteiger partial charge in [0.2, 0.25) is 5.91 Å². The number of ether oxygens (including phenoxy) is 1. The number of hydrogen-bond donors (Lipinski definition) is 1. The van der Waals surface area contributed by atoms with Crippen LogP contribution in [-0.2, 0) is 25.9 Å². The van der Waals surface area contributed by atoms with Gasteiger partial charge in [0.05, 0.1) is 23.4 Å². The Morgan fingerprint density at radius 3 is 2.92 bits per heavy atom. The molecule has 0 unspecified atom stereocenters. The fourth-order valence-corrected chi connectivity index (χ4v) is 5.25. The minimum atomic E-state index is -3.01. The molecule has 0 saturated carbocycles. The molecular formula is C15H24N4O4S2. The van der Waals surface area contributed by atoms with E-state index in [9.17, 15) is 13.2 Å². The smallest absolute Gasteiger partial charge is 0.233 e. The van der Waals surface area contributed by atoms with Crippen LogP contribution < -0.4 is 5.32 Å². The van der Waals surface area contributed by atoms with Crippen molar-refractivity contribution in [2.45, 2.75) is 36.2 Å². The van der Waals surface area contributed by atoms with E-state index in [0.29, 0.717) is 37.1 Å². The zero-order valence-electron chi connectivity index (χ0n) is 14.5. The number of amides is 1. The lowest BCUT2D eigenvalue weighted by atomic mass is 10.1. The number of nitrogens with one attached hydrogen (secondary N) is 1. The lowest BCUT2D eigenvalue weighted by molar-refractivity contribution is -0.120. The Labute approximate surface area is 152 Å². The fraction of sp³-hybridized carbons (Fsp3) is 0.667. The predicted molar refractivity (Wildman–Crippen MR) is 96.4 cm³/mol. The quantitative estimate of drug-likeness (QED) is 0.375. The van der Waals surface area contributed by atoms with E-state index in [1.54, 1.807) is 20.1 Å². The van der Waals surface area contributed by atoms with Gasteiger partial charge in [0.15, 0.2) is 15.0 Å². The highest BCUT2D eigenvalue weighted by molar-refractivity contribution is 8.00. The zero-order valence-corrected chi connectivity index (χ0v) is 16.1. The van der Waals surface area contributed by atoms with Crippen LogP contribution in [0.4, 0.5) is 0 Å². The van der Waals surface area contributed by atoms with Crippen LogP contribution in [0.2, 0.25) is 0 Å². The maximum Gasteiger partial charge on any atom is 0.233 e. The minimum absolute atomic E-state index is 0.0972. The average Bonchev–Trinajstić information content (AvgIpc) is 3.11. The number of hydrogen-bond acceptors (Lipinski definition) is 7. The summed E-state index contributed by atoms with van der Waals surface area (Å²) >= 11 is 1.30. The summed E-state index contributed by atoms with van der Waals surface area (Å²) in [6.07, 6.45) is 2.26. The van der Waals surface area contributed by atoms with E-state index in [4.69, 9.17) is 4.74 Å². The second-order valence-electron chi connectivity index (χ2n) is 5.88. The summed E-state index contributed by atoms with van der Waals surface area (Å²) in [4.78, 5) is 12.1. The molecule has 140 valence electrons. The number of allylic oxidation sites excluding steroid dienone is 1. The second kappa shape index (κ2) is 8.81. The van der Waals surface area contributed by atoms with Crippen molar-refractivity contribution < 1.29 is 17.9 Å². The van der Waals surface area contributed by atoms with Crippen LogP contribution in [0.3, 0.4) is 0 Å². The van der Waals surface area contributed by atoms with E-state index < -0.39 is 9.84 Å². The Morgan fingerprint density at radius 1 is 1.56 bits per heavy atom. The third-order valence-corrected chi connectivity index (χ3v) is 6.76. The van der Waals surface area contributed by atoms with Crippen molar-refractivity contribution >= 4 is 27.5 Å². The summed E-state index contributed by atoms with van der Waals surface area (Å²) in [5.74, 6) is 0.660. The number of aromatic nitrogens is 3. The van der Waals surface area contributed by atoms with Crippen molar-refractivity contribution in [3.63, 3.8) is 0 Å². The molecule has 8 nitrogen and oxygen atoms in total. The summed E-state index contributed by atoms with van der Waals surface area (Å²) in [6.45, 7) is 6.91. The third kappa shape index (κ3) is 5.29. The Kier molecular flexibility index (Phi) is 7.03. The largest absolute Gasteiger partial charge is 0.383 e. The molecule has 2 rings (SSSR count). The summed E-state index contributed by atoms with van der Waals surface area (Å²) in [5, 5.41) is 11.4. The molecule has 25 heavy (non-hydrogen) atoms. The van der Waals surface area contributed by atoms with E-state index in [2.05, 4.69) is 22.1 Å². The lowest BCUT2D eigenvalue weighted by Gasteiger charge is -2.14. The van der Waals surface area contributed by atoms with Crippen LogP contribution in [-0.4, -0.2) is 66.1 Å². The molecule has 0 spiro atoms. The van der Waals surface area contributed by atoms with Crippen LogP contribution in [0.15, 0.2) is 17.8 Å². The standard InChI is InChI=1S/C15H24N4O4S2/c1-4-7-19-13(12-5-9-25(21,22)10-12)17-18-15(19)24-11(2)14(20)16-6-8-23-3/h4,11-12H,1,5-10H2,2-3H3,(H,16,20)/t11-,12-/m0/s1. The highest BCUT2D eigenvalue weighted by Crippen LogP contribution is 2.31. The van der Waals surface area contributed by atoms with Crippen LogP contribution in [0, 0.1) is 0 Å². The number of carbonyl (C=O) groups is 1. The minimum Gasteiger partial charge on any atom is -0.383 e. The normalized spacial score (nSPS) is 20.3. The first-order valence-electron chi connectivity index (χ1n) is 8.05. The Bertz CT molecular complexity index is 717. The van der Waals surface area contributed by atoms with Crippen LogP contribution >= 0.6 is 11.8 Å². The van der Waals surface area contributed by atoms with E-state index in [-0.39, 0.29) is 28.6 Å². The number of carbonyl (C=O) groups excluding carboxylic acids is 1. The van der Waals surface area contributed by atoms with Crippen molar-refractivity contribution in [3.8, 4) is 0 Å². The van der Waals surface area contributed by atoms with E-state index >= 15 is 0 Å². The number of methoxy groups -OCH3 is 1. The molecule has 0 bridgehead atoms. The van der Waals surface area contributed by atoms with E-state index in [0.717, 1.165) is 0 Å². The van der Waals surface area contributed by atoms with Gasteiger partial charge < -0.3 is 14.6 Å². The summed E-state index contributed by atoms with van der Waals surface area (Å²) < 4.78 is 30.2. The van der Waals surface area contributed by atoms with Crippen molar-refractivity contribution in [2.75, 3.05) is 31.8 Å². The average molecular weight is 389 g/mol. The van der Waals surface area contributed by atoms with Crippen molar-refractivity contribution in [1.29, 1.82) is 0 Å². The van der Waals surface area contributed by atoms with Crippen molar-refractivity contribution in [2.24, 2.45) is 0 Å². The fourth-order valence-electron chi connectivity index (χ4n) is 2.62. The van der Waals surface area contributed by atoms with Gasteiger partial charge >= 0.3 is 0 Å². The van der Waals surface area contributed by atoms with Gasteiger partial charge in [-0.25, -0.2) is 8.42 Å². The number of thioether (sulfide) groups is 1. The van der Waals surface area contributed by atoms with Crippen molar-refractivity contribution in [1.82, 2.24) is 20.1 Å². The molecule has 2 atom stereocenters. The van der Waals surface area contributed by atoms with Gasteiger partial charge in [0.1, 0.15) is 5.82 Å². The number of sulfone groups is 1. The summed E-state index contributed by atoms with van der Waals surface area (Å²) in [5.41, 5.74) is 0. The summed E-state index contributed by atoms with van der Waals surface area (Å²) in [7, 11) is -1.43. The van der Waals surface area contributed by atoms with Gasteiger partial charge in [-0.3, -0.25) is 4.79 Å². The van der Waals surface area contributed by atoms with E-state index in [1.807, 2.05) is 4.57 Å². The van der Waals surface area contributed by atoms with Gasteiger partial charge in [-0.05, 0) is 13.3 Å². The molecule has 1 aromatic rings. The molecule has 1 saturated heterocycles. The van der Waals surface area contributed by atoms with Gasteiger partial charge in [0.25, 0.3) is 0 Å². The maximum atomic E-state index is 12.1. The van der Waals surface area contributed by atoms with E-state index in [1.165, 1.54) is 11.8 Å². The first-order valence-corrected chi connectivity index (χ1v) is 10.8. The molecular weight excluding hydrogens is 364 g/mol. The van der Waals surface area contributed by atoms with Crippen molar-refractivity contribution in [3.05, 3.63) is 18.5 Å². The number of rotatable bonds is 9. The molecule has 10 heteroatoms. The molecule has 2 heterocycles. The Hall–Kier alpha value is -1.39. The predicted octanol–water partition coefficient (Wildman–Crippen LogP) is 0.609. The molecule has 0 aliphatic carbocycles. The van der Waals surface area contributed by atoms with Crippen LogP contribution in [0.25, 0.3) is 0 Å². The zero-order chi connectivity index (χ0) is 18.4. The third-order valence-electron chi connectivity index (χ3n) is 3.91. The molecule has 1 amide bonds. The Morgan fingerprint density at radius 2 is 2.32 bits per heavy atom. The highest BCUT2D eigenvalue weighted by atomic mass is 32.2. The van der Waals surface area contributed by atoms with Gasteiger partial charge in [-0.2, -0.15) is 0 Å². The molecule has 1 aromatic heterocycles. The first kappa shape index (κ1) is 19.9. The molecule has 0 aromatic carbocycles. The van der Waals surface area contributed by atoms with Gasteiger partial charge in [-0.15, -0.1) is 16.8 Å². The molecule has 1 fully saturated rings.